The zero-order valence-corrected chi connectivity index (χ0v) is 13.3. The van der Waals surface area contributed by atoms with Crippen molar-refractivity contribution in [2.45, 2.75) is 52.7 Å². The summed E-state index contributed by atoms with van der Waals surface area (Å²) in [6.07, 6.45) is 8.17. The fraction of sp³-hybridized carbons (Fsp3) is 0.500. The Morgan fingerprint density at radius 1 is 1.10 bits per heavy atom. The average molecular weight is 273 g/mol. The lowest BCUT2D eigenvalue weighted by atomic mass is 9.85. The number of hydrogen-bond donors (Lipinski definition) is 1. The summed E-state index contributed by atoms with van der Waals surface area (Å²) in [6, 6.07) is 2.09. The normalized spacial score (nSPS) is 23.2. The molecule has 0 saturated carbocycles. The molecule has 1 aromatic rings. The maximum absolute atomic E-state index is 6.07. The van der Waals surface area contributed by atoms with E-state index in [1.807, 2.05) is 26.0 Å². The Morgan fingerprint density at radius 3 is 2.20 bits per heavy atom. The molecule has 1 aliphatic rings. The second-order valence-corrected chi connectivity index (χ2v) is 6.16. The average Bonchev–Trinajstić information content (AvgIpc) is 2.86. The summed E-state index contributed by atoms with van der Waals surface area (Å²) in [5, 5.41) is 2.24. The van der Waals surface area contributed by atoms with E-state index in [-0.39, 0.29) is 18.3 Å². The van der Waals surface area contributed by atoms with E-state index in [9.17, 15) is 0 Å². The zero-order chi connectivity index (χ0) is 15.0. The van der Waals surface area contributed by atoms with E-state index in [1.54, 1.807) is 0 Å². The van der Waals surface area contributed by atoms with Crippen molar-refractivity contribution in [2.24, 2.45) is 0 Å². The van der Waals surface area contributed by atoms with Gasteiger partial charge in [0.25, 0.3) is 0 Å². The van der Waals surface area contributed by atoms with E-state index in [0.29, 0.717) is 0 Å². The van der Waals surface area contributed by atoms with Gasteiger partial charge in [0.05, 0.1) is 11.2 Å². The molecule has 0 radical (unpaired) electrons. The Balaban J connectivity index is 2.40. The number of rotatable bonds is 2. The summed E-state index contributed by atoms with van der Waals surface area (Å²) in [5.41, 5.74) is 0.338. The molecular weight excluding hydrogens is 249 g/mol. The molecule has 1 fully saturated rings. The van der Waals surface area contributed by atoms with Gasteiger partial charge in [-0.15, -0.1) is 0 Å². The van der Waals surface area contributed by atoms with Crippen molar-refractivity contribution in [3.05, 3.63) is 28.8 Å². The number of aromatic amines is 1. The van der Waals surface area contributed by atoms with E-state index in [1.165, 1.54) is 0 Å². The van der Waals surface area contributed by atoms with Gasteiger partial charge in [-0.05, 0) is 58.9 Å². The molecule has 0 amide bonds. The molecule has 1 aliphatic heterocycles. The molecule has 2 rings (SSSR count). The Morgan fingerprint density at radius 2 is 1.70 bits per heavy atom. The largest absolute Gasteiger partial charge is 0.512 e. The van der Waals surface area contributed by atoms with Crippen LogP contribution in [0.2, 0.25) is 0 Å². The quantitative estimate of drug-likeness (QED) is 0.828. The summed E-state index contributed by atoms with van der Waals surface area (Å²) in [5.74, 6) is 0. The minimum Gasteiger partial charge on any atom is -0.398 e. The molecule has 1 aromatic heterocycles. The smallest absolute Gasteiger partial charge is 0.398 e. The minimum absolute atomic E-state index is 0.313. The number of hydrogen-bond acceptors (Lipinski definition) is 2. The van der Waals surface area contributed by atoms with Crippen LogP contribution in [-0.2, 0) is 9.31 Å². The van der Waals surface area contributed by atoms with Gasteiger partial charge in [0.1, 0.15) is 0 Å². The number of nitrogens with one attached hydrogen (secondary N) is 1. The first-order valence-corrected chi connectivity index (χ1v) is 7.14. The molecule has 4 heteroatoms. The highest BCUT2D eigenvalue weighted by molar-refractivity contribution is 6.61. The molecule has 2 heterocycles. The lowest BCUT2D eigenvalue weighted by Crippen LogP contribution is -2.41. The summed E-state index contributed by atoms with van der Waals surface area (Å²) < 4.78 is 12.1. The number of aromatic nitrogens is 1. The lowest BCUT2D eigenvalue weighted by Gasteiger charge is -2.32. The SMILES string of the molecule is C\C=C/C=c1/[nH]c(B2OC(C)(C)C(C)(C)O2)c/c1=C/C. The molecular formula is C16H24BNO2. The molecule has 1 saturated heterocycles. The highest BCUT2D eigenvalue weighted by Gasteiger charge is 2.52. The van der Waals surface area contributed by atoms with Gasteiger partial charge in [0.2, 0.25) is 0 Å². The predicted molar refractivity (Wildman–Crippen MR) is 85.2 cm³/mol. The molecule has 0 bridgehead atoms. The third kappa shape index (κ3) is 2.63. The molecule has 0 aliphatic carbocycles. The zero-order valence-electron chi connectivity index (χ0n) is 13.3. The van der Waals surface area contributed by atoms with Crippen LogP contribution in [0.25, 0.3) is 12.2 Å². The molecule has 0 spiro atoms. The van der Waals surface area contributed by atoms with Crippen molar-refractivity contribution >= 4 is 24.9 Å². The van der Waals surface area contributed by atoms with Gasteiger partial charge in [-0.1, -0.05) is 18.2 Å². The van der Waals surface area contributed by atoms with Gasteiger partial charge >= 0.3 is 7.12 Å². The topological polar surface area (TPSA) is 34.2 Å². The molecule has 108 valence electrons. The standard InChI is InChI=1S/C16H24BNO2/c1-7-9-10-13-12(8-2)11-14(18-13)17-19-15(3,4)16(5,6)20-17/h7-11,18H,1-6H3/b9-7-,12-8-,13-10+. The van der Waals surface area contributed by atoms with E-state index in [2.05, 4.69) is 50.9 Å². The molecule has 1 N–H and O–H groups in total. The van der Waals surface area contributed by atoms with Crippen LogP contribution in [0.3, 0.4) is 0 Å². The molecule has 3 nitrogen and oxygen atoms in total. The third-order valence-electron chi connectivity index (χ3n) is 4.17. The number of H-pyrrole nitrogens is 1. The van der Waals surface area contributed by atoms with Crippen molar-refractivity contribution in [2.75, 3.05) is 0 Å². The highest BCUT2D eigenvalue weighted by Crippen LogP contribution is 2.36. The molecule has 0 unspecified atom stereocenters. The van der Waals surface area contributed by atoms with Crippen LogP contribution in [-0.4, -0.2) is 23.3 Å². The van der Waals surface area contributed by atoms with Crippen molar-refractivity contribution < 1.29 is 9.31 Å². The van der Waals surface area contributed by atoms with Crippen molar-refractivity contribution in [3.8, 4) is 0 Å². The lowest BCUT2D eigenvalue weighted by molar-refractivity contribution is 0.00578. The van der Waals surface area contributed by atoms with E-state index in [0.717, 1.165) is 16.2 Å². The predicted octanol–water partition coefficient (Wildman–Crippen LogP) is 1.47. The van der Waals surface area contributed by atoms with Crippen molar-refractivity contribution in [1.82, 2.24) is 4.98 Å². The van der Waals surface area contributed by atoms with Crippen LogP contribution in [0, 0.1) is 0 Å². The maximum atomic E-state index is 6.07. The summed E-state index contributed by atoms with van der Waals surface area (Å²) in [6.45, 7) is 12.3. The Hall–Kier alpha value is -1.26. The van der Waals surface area contributed by atoms with Crippen LogP contribution in [0.15, 0.2) is 18.2 Å². The second kappa shape index (κ2) is 5.26. The Labute approximate surface area is 121 Å². The summed E-state index contributed by atoms with van der Waals surface area (Å²) in [4.78, 5) is 3.40. The molecule has 0 atom stereocenters. The van der Waals surface area contributed by atoms with Gasteiger partial charge in [0.15, 0.2) is 0 Å². The fourth-order valence-corrected chi connectivity index (χ4v) is 2.18. The summed E-state index contributed by atoms with van der Waals surface area (Å²) >= 11 is 0. The summed E-state index contributed by atoms with van der Waals surface area (Å²) in [7, 11) is -0.341. The van der Waals surface area contributed by atoms with Crippen LogP contribution >= 0.6 is 0 Å². The first kappa shape index (κ1) is 15.1. The fourth-order valence-electron chi connectivity index (χ4n) is 2.18. The van der Waals surface area contributed by atoms with Crippen LogP contribution in [0.4, 0.5) is 0 Å². The Kier molecular flexibility index (Phi) is 3.98. The van der Waals surface area contributed by atoms with Crippen LogP contribution < -0.4 is 16.2 Å². The van der Waals surface area contributed by atoms with Crippen LogP contribution in [0.5, 0.6) is 0 Å². The van der Waals surface area contributed by atoms with Gasteiger partial charge in [-0.3, -0.25) is 0 Å². The van der Waals surface area contributed by atoms with E-state index in [4.69, 9.17) is 9.31 Å². The van der Waals surface area contributed by atoms with Gasteiger partial charge in [0, 0.05) is 10.9 Å². The van der Waals surface area contributed by atoms with E-state index < -0.39 is 0 Å². The van der Waals surface area contributed by atoms with Crippen molar-refractivity contribution in [3.63, 3.8) is 0 Å². The minimum atomic E-state index is -0.341. The van der Waals surface area contributed by atoms with Gasteiger partial charge in [-0.25, -0.2) is 0 Å². The monoisotopic (exact) mass is 273 g/mol. The highest BCUT2D eigenvalue weighted by atomic mass is 16.7. The number of allylic oxidation sites excluding steroid dienone is 2. The molecule has 0 aromatic carbocycles. The van der Waals surface area contributed by atoms with Gasteiger partial charge < -0.3 is 14.3 Å². The second-order valence-electron chi connectivity index (χ2n) is 6.16. The third-order valence-corrected chi connectivity index (χ3v) is 4.17. The molecule has 20 heavy (non-hydrogen) atoms. The maximum Gasteiger partial charge on any atom is 0.512 e. The van der Waals surface area contributed by atoms with E-state index >= 15 is 0 Å². The van der Waals surface area contributed by atoms with Gasteiger partial charge in [-0.2, -0.15) is 0 Å². The van der Waals surface area contributed by atoms with Crippen molar-refractivity contribution in [1.29, 1.82) is 0 Å². The first-order chi connectivity index (χ1) is 9.30. The van der Waals surface area contributed by atoms with Crippen LogP contribution in [0.1, 0.15) is 41.5 Å². The first-order valence-electron chi connectivity index (χ1n) is 7.14. The Bertz CT molecular complexity index is 609.